The Bertz CT molecular complexity index is 764. The Morgan fingerprint density at radius 1 is 1.15 bits per heavy atom. The van der Waals surface area contributed by atoms with Crippen molar-refractivity contribution in [3.8, 4) is 5.75 Å². The molecule has 0 heterocycles. The van der Waals surface area contributed by atoms with Gasteiger partial charge in [0.15, 0.2) is 5.11 Å². The fourth-order valence-corrected chi connectivity index (χ4v) is 2.95. The molecule has 4 N–H and O–H groups in total. The van der Waals surface area contributed by atoms with Gasteiger partial charge in [-0.3, -0.25) is 15.6 Å². The summed E-state index contributed by atoms with van der Waals surface area (Å²) in [7, 11) is 0. The van der Waals surface area contributed by atoms with Crippen molar-refractivity contribution in [2.45, 2.75) is 39.5 Å². The summed E-state index contributed by atoms with van der Waals surface area (Å²) in [5, 5.41) is 15.4. The molecule has 0 radical (unpaired) electrons. The SMILES string of the molecule is CCCC[C@@H](CC)CNC(=S)NNC(=O)c1cc2ccccc2cc1O. The normalized spacial score (nSPS) is 11.8. The Labute approximate surface area is 160 Å². The van der Waals surface area contributed by atoms with Crippen LogP contribution in [0, 0.1) is 5.92 Å². The summed E-state index contributed by atoms with van der Waals surface area (Å²) in [4.78, 5) is 12.3. The number of carbonyl (C=O) groups is 1. The van der Waals surface area contributed by atoms with Crippen LogP contribution in [-0.4, -0.2) is 22.7 Å². The molecule has 26 heavy (non-hydrogen) atoms. The molecule has 0 fully saturated rings. The van der Waals surface area contributed by atoms with Gasteiger partial charge >= 0.3 is 0 Å². The number of carbonyl (C=O) groups excluding carboxylic acids is 1. The van der Waals surface area contributed by atoms with E-state index >= 15 is 0 Å². The van der Waals surface area contributed by atoms with E-state index in [0.29, 0.717) is 11.0 Å². The molecule has 0 saturated carbocycles. The van der Waals surface area contributed by atoms with Crippen LogP contribution in [0.2, 0.25) is 0 Å². The molecular formula is C20H27N3O2S. The molecular weight excluding hydrogens is 346 g/mol. The molecule has 0 aliphatic carbocycles. The largest absolute Gasteiger partial charge is 0.507 e. The van der Waals surface area contributed by atoms with Crippen LogP contribution in [0.25, 0.3) is 10.8 Å². The summed E-state index contributed by atoms with van der Waals surface area (Å²) in [6, 6.07) is 10.8. The van der Waals surface area contributed by atoms with Crippen LogP contribution < -0.4 is 16.2 Å². The number of phenolic OH excluding ortho intramolecular Hbond substituents is 1. The highest BCUT2D eigenvalue weighted by Gasteiger charge is 2.13. The van der Waals surface area contributed by atoms with Crippen LogP contribution in [0.15, 0.2) is 36.4 Å². The maximum atomic E-state index is 12.3. The number of nitrogens with one attached hydrogen (secondary N) is 3. The van der Waals surface area contributed by atoms with Crippen molar-refractivity contribution in [3.05, 3.63) is 42.0 Å². The van der Waals surface area contributed by atoms with Crippen molar-refractivity contribution in [3.63, 3.8) is 0 Å². The van der Waals surface area contributed by atoms with Crippen molar-refractivity contribution in [1.29, 1.82) is 0 Å². The summed E-state index contributed by atoms with van der Waals surface area (Å²) in [6.07, 6.45) is 4.65. The molecule has 0 aromatic heterocycles. The van der Waals surface area contributed by atoms with E-state index in [-0.39, 0.29) is 11.3 Å². The van der Waals surface area contributed by atoms with Crippen LogP contribution in [0.1, 0.15) is 49.9 Å². The first-order valence-corrected chi connectivity index (χ1v) is 9.51. The summed E-state index contributed by atoms with van der Waals surface area (Å²) in [6.45, 7) is 5.13. The van der Waals surface area contributed by atoms with Gasteiger partial charge in [-0.15, -0.1) is 0 Å². The first kappa shape index (κ1) is 20.0. The molecule has 5 nitrogen and oxygen atoms in total. The molecule has 2 rings (SSSR count). The van der Waals surface area contributed by atoms with Gasteiger partial charge in [0.25, 0.3) is 5.91 Å². The molecule has 6 heteroatoms. The molecule has 0 unspecified atom stereocenters. The Hall–Kier alpha value is -2.34. The maximum Gasteiger partial charge on any atom is 0.273 e. The van der Waals surface area contributed by atoms with Gasteiger partial charge in [0.1, 0.15) is 5.75 Å². The third kappa shape index (κ3) is 5.59. The van der Waals surface area contributed by atoms with E-state index in [9.17, 15) is 9.90 Å². The molecule has 0 aliphatic heterocycles. The van der Waals surface area contributed by atoms with Gasteiger partial charge in [-0.1, -0.05) is 57.4 Å². The van der Waals surface area contributed by atoms with Crippen molar-refractivity contribution < 1.29 is 9.90 Å². The first-order valence-electron chi connectivity index (χ1n) is 9.11. The summed E-state index contributed by atoms with van der Waals surface area (Å²) in [5.74, 6) is 0.0675. The van der Waals surface area contributed by atoms with Gasteiger partial charge in [0, 0.05) is 6.54 Å². The average Bonchev–Trinajstić information content (AvgIpc) is 2.65. The zero-order chi connectivity index (χ0) is 18.9. The number of hydrazine groups is 1. The minimum absolute atomic E-state index is 0.0625. The monoisotopic (exact) mass is 373 g/mol. The maximum absolute atomic E-state index is 12.3. The zero-order valence-corrected chi connectivity index (χ0v) is 16.2. The third-order valence-electron chi connectivity index (χ3n) is 4.49. The molecule has 0 aliphatic rings. The highest BCUT2D eigenvalue weighted by Crippen LogP contribution is 2.24. The Balaban J connectivity index is 1.88. The smallest absolute Gasteiger partial charge is 0.273 e. The predicted octanol–water partition coefficient (Wildman–Crippen LogP) is 3.87. The second-order valence-corrected chi connectivity index (χ2v) is 6.83. The van der Waals surface area contributed by atoms with E-state index in [1.165, 1.54) is 19.3 Å². The predicted molar refractivity (Wildman–Crippen MR) is 110 cm³/mol. The Kier molecular flexibility index (Phi) is 7.66. The molecule has 2 aromatic carbocycles. The minimum atomic E-state index is -0.435. The lowest BCUT2D eigenvalue weighted by atomic mass is 9.99. The van der Waals surface area contributed by atoms with Crippen LogP contribution in [0.5, 0.6) is 5.75 Å². The van der Waals surface area contributed by atoms with Gasteiger partial charge in [0.05, 0.1) is 5.56 Å². The third-order valence-corrected chi connectivity index (χ3v) is 4.74. The molecule has 0 saturated heterocycles. The van der Waals surface area contributed by atoms with Crippen LogP contribution in [0.3, 0.4) is 0 Å². The molecule has 140 valence electrons. The van der Waals surface area contributed by atoms with Crippen molar-refractivity contribution >= 4 is 34.0 Å². The van der Waals surface area contributed by atoms with Gasteiger partial charge in [-0.2, -0.15) is 0 Å². The topological polar surface area (TPSA) is 73.4 Å². The first-order chi connectivity index (χ1) is 12.5. The van der Waals surface area contributed by atoms with Crippen LogP contribution in [-0.2, 0) is 0 Å². The second kappa shape index (κ2) is 9.97. The number of thiocarbonyl (C=S) groups is 1. The van der Waals surface area contributed by atoms with Gasteiger partial charge in [-0.25, -0.2) is 0 Å². The molecule has 1 atom stereocenters. The lowest BCUT2D eigenvalue weighted by Gasteiger charge is -2.17. The van der Waals surface area contributed by atoms with Crippen LogP contribution >= 0.6 is 12.2 Å². The molecule has 0 bridgehead atoms. The number of amides is 1. The summed E-state index contributed by atoms with van der Waals surface area (Å²) in [5.41, 5.74) is 5.44. The number of unbranched alkanes of at least 4 members (excludes halogenated alkanes) is 1. The number of hydrogen-bond donors (Lipinski definition) is 4. The quantitative estimate of drug-likeness (QED) is 0.438. The van der Waals surface area contributed by atoms with E-state index in [4.69, 9.17) is 12.2 Å². The number of hydrogen-bond acceptors (Lipinski definition) is 3. The number of benzene rings is 2. The second-order valence-electron chi connectivity index (χ2n) is 6.42. The molecule has 0 spiro atoms. The molecule has 1 amide bonds. The van der Waals surface area contributed by atoms with Crippen molar-refractivity contribution in [2.24, 2.45) is 5.92 Å². The lowest BCUT2D eigenvalue weighted by Crippen LogP contribution is -2.47. The van der Waals surface area contributed by atoms with E-state index in [0.717, 1.165) is 23.7 Å². The lowest BCUT2D eigenvalue weighted by molar-refractivity contribution is 0.0941. The number of phenols is 1. The van der Waals surface area contributed by atoms with Gasteiger partial charge in [0.2, 0.25) is 0 Å². The van der Waals surface area contributed by atoms with Crippen molar-refractivity contribution in [1.82, 2.24) is 16.2 Å². The Morgan fingerprint density at radius 2 is 1.85 bits per heavy atom. The number of rotatable bonds is 7. The highest BCUT2D eigenvalue weighted by atomic mass is 32.1. The zero-order valence-electron chi connectivity index (χ0n) is 15.3. The number of aromatic hydroxyl groups is 1. The van der Waals surface area contributed by atoms with Gasteiger partial charge in [-0.05, 0) is 47.5 Å². The van der Waals surface area contributed by atoms with E-state index in [1.54, 1.807) is 12.1 Å². The fraction of sp³-hybridized carbons (Fsp3) is 0.400. The minimum Gasteiger partial charge on any atom is -0.507 e. The number of fused-ring (bicyclic) bond motifs is 1. The van der Waals surface area contributed by atoms with Gasteiger partial charge < -0.3 is 10.4 Å². The summed E-state index contributed by atoms with van der Waals surface area (Å²) < 4.78 is 0. The van der Waals surface area contributed by atoms with Crippen molar-refractivity contribution in [2.75, 3.05) is 6.54 Å². The molecule has 2 aromatic rings. The van der Waals surface area contributed by atoms with E-state index < -0.39 is 5.91 Å². The van der Waals surface area contributed by atoms with Crippen LogP contribution in [0.4, 0.5) is 0 Å². The standard InChI is InChI=1S/C20H27N3O2S/c1-3-5-8-14(4-2)13-21-20(26)23-22-19(25)17-11-15-9-6-7-10-16(15)12-18(17)24/h6-7,9-12,14,24H,3-5,8,13H2,1-2H3,(H,22,25)(H2,21,23,26)/t14-/m1/s1. The average molecular weight is 374 g/mol. The Morgan fingerprint density at radius 3 is 2.50 bits per heavy atom. The summed E-state index contributed by atoms with van der Waals surface area (Å²) >= 11 is 5.21. The fourth-order valence-electron chi connectivity index (χ4n) is 2.82. The van der Waals surface area contributed by atoms with E-state index in [1.807, 2.05) is 24.3 Å². The van der Waals surface area contributed by atoms with E-state index in [2.05, 4.69) is 30.0 Å². The highest BCUT2D eigenvalue weighted by molar-refractivity contribution is 7.80.